The molecule has 0 unspecified atom stereocenters. The van der Waals surface area contributed by atoms with Crippen LogP contribution in [0.25, 0.3) is 5.65 Å². The highest BCUT2D eigenvalue weighted by Gasteiger charge is 2.31. The lowest BCUT2D eigenvalue weighted by molar-refractivity contribution is 0.110. The van der Waals surface area contributed by atoms with Crippen LogP contribution in [-0.2, 0) is 11.3 Å². The Balaban J connectivity index is 1.33. The van der Waals surface area contributed by atoms with Crippen LogP contribution < -0.4 is 11.2 Å². The number of benzene rings is 1. The van der Waals surface area contributed by atoms with Gasteiger partial charge in [0.1, 0.15) is 12.2 Å². The molecular weight excluding hydrogens is 410 g/mol. The maximum atomic E-state index is 12.6. The van der Waals surface area contributed by atoms with Gasteiger partial charge in [0.2, 0.25) is 5.89 Å². The molecule has 0 aliphatic carbocycles. The molecule has 9 nitrogen and oxygen atoms in total. The van der Waals surface area contributed by atoms with Crippen molar-refractivity contribution in [3.63, 3.8) is 0 Å². The largest absolute Gasteiger partial charge is 0.373 e. The van der Waals surface area contributed by atoms with E-state index in [-0.39, 0.29) is 29.9 Å². The van der Waals surface area contributed by atoms with E-state index < -0.39 is 5.56 Å². The summed E-state index contributed by atoms with van der Waals surface area (Å²) < 4.78 is 14.0. The second-order valence-corrected chi connectivity index (χ2v) is 7.51. The molecule has 5 rings (SSSR count). The molecule has 4 aromatic rings. The third-order valence-corrected chi connectivity index (χ3v) is 5.34. The second kappa shape index (κ2) is 7.51. The van der Waals surface area contributed by atoms with Gasteiger partial charge in [-0.1, -0.05) is 28.9 Å². The normalized spacial score (nSPS) is 18.8. The molecule has 30 heavy (non-hydrogen) atoms. The summed E-state index contributed by atoms with van der Waals surface area (Å²) in [4.78, 5) is 32.2. The van der Waals surface area contributed by atoms with Crippen molar-refractivity contribution in [2.24, 2.45) is 0 Å². The van der Waals surface area contributed by atoms with Gasteiger partial charge in [-0.05, 0) is 30.2 Å². The summed E-state index contributed by atoms with van der Waals surface area (Å²) >= 11 is 5.95. The highest BCUT2D eigenvalue weighted by Crippen LogP contribution is 2.37. The molecule has 1 fully saturated rings. The van der Waals surface area contributed by atoms with Crippen molar-refractivity contribution < 1.29 is 9.26 Å². The first kappa shape index (κ1) is 18.7. The van der Waals surface area contributed by atoms with Crippen LogP contribution in [0.2, 0.25) is 5.02 Å². The van der Waals surface area contributed by atoms with Gasteiger partial charge in [0.05, 0.1) is 12.7 Å². The van der Waals surface area contributed by atoms with Crippen LogP contribution in [0.1, 0.15) is 35.7 Å². The zero-order valence-corrected chi connectivity index (χ0v) is 16.4. The van der Waals surface area contributed by atoms with Crippen molar-refractivity contribution in [2.45, 2.75) is 25.0 Å². The Morgan fingerprint density at radius 3 is 2.73 bits per heavy atom. The van der Waals surface area contributed by atoms with E-state index >= 15 is 0 Å². The molecule has 0 N–H and O–H groups in total. The first-order valence-corrected chi connectivity index (χ1v) is 9.73. The number of hydrogen-bond acceptors (Lipinski definition) is 7. The SMILES string of the molecule is O=c1ccn2c(=O)n(Cc3nc([C@@H]4CO[C@@H](c5ccc(Cl)cc5)C4)no3)ccc2n1. The molecule has 10 heteroatoms. The van der Waals surface area contributed by atoms with Gasteiger partial charge in [-0.3, -0.25) is 13.8 Å². The molecule has 0 bridgehead atoms. The predicted molar refractivity (Wildman–Crippen MR) is 107 cm³/mol. The minimum atomic E-state index is -0.399. The molecule has 0 amide bonds. The number of hydrogen-bond donors (Lipinski definition) is 0. The van der Waals surface area contributed by atoms with Gasteiger partial charge in [0.15, 0.2) is 5.82 Å². The van der Waals surface area contributed by atoms with Crippen molar-refractivity contribution in [2.75, 3.05) is 6.61 Å². The number of rotatable bonds is 4. The van der Waals surface area contributed by atoms with Gasteiger partial charge in [-0.2, -0.15) is 9.97 Å². The Bertz CT molecular complexity index is 1330. The minimum Gasteiger partial charge on any atom is -0.373 e. The van der Waals surface area contributed by atoms with Gasteiger partial charge in [0.25, 0.3) is 5.56 Å². The Labute approximate surface area is 174 Å². The van der Waals surface area contributed by atoms with Gasteiger partial charge < -0.3 is 9.26 Å². The van der Waals surface area contributed by atoms with Crippen molar-refractivity contribution >= 4 is 17.2 Å². The molecule has 1 saturated heterocycles. The van der Waals surface area contributed by atoms with Crippen LogP contribution in [0.5, 0.6) is 0 Å². The van der Waals surface area contributed by atoms with Gasteiger partial charge in [-0.15, -0.1) is 0 Å². The summed E-state index contributed by atoms with van der Waals surface area (Å²) in [6.07, 6.45) is 3.63. The summed E-state index contributed by atoms with van der Waals surface area (Å²) in [7, 11) is 0. The molecule has 1 aliphatic heterocycles. The molecule has 1 aromatic carbocycles. The Morgan fingerprint density at radius 1 is 1.07 bits per heavy atom. The van der Waals surface area contributed by atoms with Crippen LogP contribution in [0.15, 0.2) is 62.9 Å². The zero-order chi connectivity index (χ0) is 20.7. The molecule has 0 radical (unpaired) electrons. The van der Waals surface area contributed by atoms with Crippen molar-refractivity contribution in [1.29, 1.82) is 0 Å². The van der Waals surface area contributed by atoms with Gasteiger partial charge in [0, 0.05) is 29.4 Å². The van der Waals surface area contributed by atoms with E-state index in [2.05, 4.69) is 15.1 Å². The lowest BCUT2D eigenvalue weighted by Crippen LogP contribution is -2.28. The molecule has 3 aromatic heterocycles. The topological polar surface area (TPSA) is 105 Å². The van der Waals surface area contributed by atoms with Crippen LogP contribution in [0.4, 0.5) is 0 Å². The molecule has 1 aliphatic rings. The quantitative estimate of drug-likeness (QED) is 0.493. The Kier molecular flexibility index (Phi) is 4.68. The fourth-order valence-corrected chi connectivity index (χ4v) is 3.66. The molecule has 2 atom stereocenters. The van der Waals surface area contributed by atoms with Crippen LogP contribution in [0.3, 0.4) is 0 Å². The van der Waals surface area contributed by atoms with E-state index in [9.17, 15) is 9.59 Å². The van der Waals surface area contributed by atoms with E-state index in [1.54, 1.807) is 12.3 Å². The van der Waals surface area contributed by atoms with Crippen LogP contribution in [-0.4, -0.2) is 30.7 Å². The third-order valence-electron chi connectivity index (χ3n) is 5.09. The number of nitrogens with zero attached hydrogens (tertiary/aromatic N) is 5. The van der Waals surface area contributed by atoms with Crippen LogP contribution >= 0.6 is 11.6 Å². The zero-order valence-electron chi connectivity index (χ0n) is 15.6. The summed E-state index contributed by atoms with van der Waals surface area (Å²) in [6, 6.07) is 10.4. The van der Waals surface area contributed by atoms with E-state index in [4.69, 9.17) is 20.9 Å². The van der Waals surface area contributed by atoms with Gasteiger partial charge >= 0.3 is 5.69 Å². The lowest BCUT2D eigenvalue weighted by Gasteiger charge is -2.09. The fourth-order valence-electron chi connectivity index (χ4n) is 3.54. The average molecular weight is 426 g/mol. The summed E-state index contributed by atoms with van der Waals surface area (Å²) in [5.74, 6) is 0.876. The first-order valence-electron chi connectivity index (χ1n) is 9.35. The monoisotopic (exact) mass is 425 g/mol. The Morgan fingerprint density at radius 2 is 1.90 bits per heavy atom. The number of fused-ring (bicyclic) bond motifs is 1. The van der Waals surface area contributed by atoms with Crippen LogP contribution in [0, 0.1) is 0 Å². The Hall–Kier alpha value is -3.30. The van der Waals surface area contributed by atoms with E-state index in [0.717, 1.165) is 12.0 Å². The number of ether oxygens (including phenoxy) is 1. The van der Waals surface area contributed by atoms with E-state index in [1.807, 2.05) is 24.3 Å². The first-order chi connectivity index (χ1) is 14.6. The summed E-state index contributed by atoms with van der Waals surface area (Å²) in [5, 5.41) is 4.76. The summed E-state index contributed by atoms with van der Waals surface area (Å²) in [6.45, 7) is 0.601. The predicted octanol–water partition coefficient (Wildman–Crippen LogP) is 2.19. The van der Waals surface area contributed by atoms with Gasteiger partial charge in [-0.25, -0.2) is 4.79 Å². The second-order valence-electron chi connectivity index (χ2n) is 7.07. The summed E-state index contributed by atoms with van der Waals surface area (Å²) in [5.41, 5.74) is 0.586. The molecule has 4 heterocycles. The maximum absolute atomic E-state index is 12.6. The number of halogens is 1. The number of aromatic nitrogens is 5. The van der Waals surface area contributed by atoms with Crippen molar-refractivity contribution in [3.05, 3.63) is 91.9 Å². The molecule has 0 spiro atoms. The minimum absolute atomic E-state index is 0.00514. The maximum Gasteiger partial charge on any atom is 0.334 e. The third kappa shape index (κ3) is 3.53. The van der Waals surface area contributed by atoms with E-state index in [1.165, 1.54) is 21.2 Å². The van der Waals surface area contributed by atoms with E-state index in [0.29, 0.717) is 23.3 Å². The van der Waals surface area contributed by atoms with Crippen molar-refractivity contribution in [1.82, 2.24) is 24.1 Å². The molecular formula is C20H16ClN5O4. The standard InChI is InChI=1S/C20H16ClN5O4/c21-14-3-1-12(2-4-14)15-9-13(11-29-15)19-23-18(30-24-19)10-25-7-5-16-22-17(27)6-8-26(16)20(25)28/h1-8,13,15H,9-11H2/t13-,15+/m0/s1. The van der Waals surface area contributed by atoms with Crippen molar-refractivity contribution in [3.8, 4) is 0 Å². The average Bonchev–Trinajstić information content (AvgIpc) is 3.40. The molecule has 0 saturated carbocycles. The lowest BCUT2D eigenvalue weighted by atomic mass is 10.0. The smallest absolute Gasteiger partial charge is 0.334 e. The highest BCUT2D eigenvalue weighted by molar-refractivity contribution is 6.30. The fraction of sp³-hybridized carbons (Fsp3) is 0.250. The molecule has 152 valence electrons. The highest BCUT2D eigenvalue weighted by atomic mass is 35.5.